The summed E-state index contributed by atoms with van der Waals surface area (Å²) in [5, 5.41) is 0. The number of hydrogen-bond acceptors (Lipinski definition) is 0. The standard InChI is InChI=1S/C8H16Si2/c1-5-10(6-2)7-9(3,4)8-10/h5-6H,1-2,7-8H2,3-4H3. The van der Waals surface area contributed by atoms with Crippen LogP contribution in [0.4, 0.5) is 0 Å². The molecule has 0 N–H and O–H groups in total. The average Bonchev–Trinajstić information content (AvgIpc) is 1.82. The summed E-state index contributed by atoms with van der Waals surface area (Å²) in [5.74, 6) is 0. The van der Waals surface area contributed by atoms with Crippen molar-refractivity contribution in [3.05, 3.63) is 24.6 Å². The highest BCUT2D eigenvalue weighted by molar-refractivity contribution is 7.16. The molecule has 0 amide bonds. The lowest BCUT2D eigenvalue weighted by molar-refractivity contribution is 1.39. The summed E-state index contributed by atoms with van der Waals surface area (Å²) in [5.41, 5.74) is 7.40. The molecule has 1 rings (SSSR count). The van der Waals surface area contributed by atoms with Crippen molar-refractivity contribution in [1.82, 2.24) is 0 Å². The molecule has 56 valence electrons. The zero-order chi connectivity index (χ0) is 7.83. The zero-order valence-electron chi connectivity index (χ0n) is 6.98. The van der Waals surface area contributed by atoms with Crippen molar-refractivity contribution in [2.45, 2.75) is 24.4 Å². The first-order valence-corrected chi connectivity index (χ1v) is 9.79. The molecule has 1 aliphatic heterocycles. The van der Waals surface area contributed by atoms with Gasteiger partial charge in [-0.25, -0.2) is 0 Å². The first-order chi connectivity index (χ1) is 4.54. The van der Waals surface area contributed by atoms with E-state index in [1.807, 2.05) is 0 Å². The second kappa shape index (κ2) is 2.20. The van der Waals surface area contributed by atoms with Gasteiger partial charge in [-0.2, -0.15) is 0 Å². The van der Waals surface area contributed by atoms with Crippen LogP contribution in [0.25, 0.3) is 0 Å². The van der Waals surface area contributed by atoms with Crippen molar-refractivity contribution in [3.8, 4) is 0 Å². The van der Waals surface area contributed by atoms with Gasteiger partial charge in [0.05, 0.1) is 8.07 Å². The highest BCUT2D eigenvalue weighted by atomic mass is 28.5. The average molecular weight is 168 g/mol. The van der Waals surface area contributed by atoms with Crippen molar-refractivity contribution >= 4 is 16.1 Å². The predicted molar refractivity (Wildman–Crippen MR) is 53.2 cm³/mol. The Hall–Kier alpha value is -0.0862. The zero-order valence-corrected chi connectivity index (χ0v) is 8.98. The van der Waals surface area contributed by atoms with Crippen LogP contribution >= 0.6 is 0 Å². The molecule has 0 saturated carbocycles. The number of rotatable bonds is 2. The lowest BCUT2D eigenvalue weighted by atomic mass is 11.2. The Balaban J connectivity index is 2.62. The van der Waals surface area contributed by atoms with Crippen LogP contribution in [0, 0.1) is 0 Å². The van der Waals surface area contributed by atoms with Gasteiger partial charge in [-0.3, -0.25) is 0 Å². The highest BCUT2D eigenvalue weighted by Gasteiger charge is 2.47. The Morgan fingerprint density at radius 2 is 1.50 bits per heavy atom. The van der Waals surface area contributed by atoms with Gasteiger partial charge >= 0.3 is 0 Å². The third-order valence-corrected chi connectivity index (χ3v) is 17.0. The molecule has 2 heteroatoms. The fraction of sp³-hybridized carbons (Fsp3) is 0.500. The summed E-state index contributed by atoms with van der Waals surface area (Å²) >= 11 is 0. The Labute approximate surface area is 65.7 Å². The second-order valence-electron chi connectivity index (χ2n) is 4.16. The summed E-state index contributed by atoms with van der Waals surface area (Å²) in [6.45, 7) is 12.7. The third-order valence-electron chi connectivity index (χ3n) is 2.43. The molecule has 0 aromatic carbocycles. The molecule has 1 saturated heterocycles. The Morgan fingerprint density at radius 3 is 1.60 bits per heavy atom. The van der Waals surface area contributed by atoms with Crippen LogP contribution in [-0.2, 0) is 0 Å². The molecule has 10 heavy (non-hydrogen) atoms. The molecular weight excluding hydrogens is 152 g/mol. The maximum absolute atomic E-state index is 3.90. The maximum Gasteiger partial charge on any atom is 0.0952 e. The molecular formula is C8H16Si2. The largest absolute Gasteiger partial charge is 0.107 e. The third kappa shape index (κ3) is 1.18. The van der Waals surface area contributed by atoms with Gasteiger partial charge in [0.2, 0.25) is 0 Å². The first kappa shape index (κ1) is 8.01. The monoisotopic (exact) mass is 168 g/mol. The van der Waals surface area contributed by atoms with E-state index in [-0.39, 0.29) is 0 Å². The molecule has 0 bridgehead atoms. The van der Waals surface area contributed by atoms with Crippen molar-refractivity contribution in [1.29, 1.82) is 0 Å². The quantitative estimate of drug-likeness (QED) is 0.556. The molecule has 0 nitrogen and oxygen atoms in total. The smallest absolute Gasteiger partial charge is 0.0952 e. The fourth-order valence-electron chi connectivity index (χ4n) is 2.10. The summed E-state index contributed by atoms with van der Waals surface area (Å²) < 4.78 is 0. The van der Waals surface area contributed by atoms with Gasteiger partial charge in [-0.15, -0.1) is 13.2 Å². The Kier molecular flexibility index (Phi) is 1.77. The van der Waals surface area contributed by atoms with E-state index in [2.05, 4.69) is 37.7 Å². The van der Waals surface area contributed by atoms with Gasteiger partial charge in [-0.1, -0.05) is 35.8 Å². The van der Waals surface area contributed by atoms with Gasteiger partial charge in [0.1, 0.15) is 0 Å². The van der Waals surface area contributed by atoms with E-state index in [0.29, 0.717) is 0 Å². The molecule has 0 aromatic rings. The minimum absolute atomic E-state index is 0.709. The van der Waals surface area contributed by atoms with Crippen LogP contribution in [0.3, 0.4) is 0 Å². The van der Waals surface area contributed by atoms with Crippen molar-refractivity contribution in [3.63, 3.8) is 0 Å². The molecule has 0 spiro atoms. The lowest BCUT2D eigenvalue weighted by Gasteiger charge is -2.47. The molecule has 0 aromatic heterocycles. The first-order valence-electron chi connectivity index (χ1n) is 3.81. The molecule has 0 aliphatic carbocycles. The minimum Gasteiger partial charge on any atom is -0.107 e. The van der Waals surface area contributed by atoms with Gasteiger partial charge in [-0.05, 0) is 0 Å². The Morgan fingerprint density at radius 1 is 1.10 bits per heavy atom. The van der Waals surface area contributed by atoms with Gasteiger partial charge in [0.15, 0.2) is 0 Å². The van der Waals surface area contributed by atoms with Crippen LogP contribution in [0.5, 0.6) is 0 Å². The molecule has 1 heterocycles. The van der Waals surface area contributed by atoms with E-state index in [1.54, 1.807) is 0 Å². The van der Waals surface area contributed by atoms with Crippen LogP contribution in [0.2, 0.25) is 24.4 Å². The van der Waals surface area contributed by atoms with Gasteiger partial charge in [0, 0.05) is 8.07 Å². The summed E-state index contributed by atoms with van der Waals surface area (Å²) in [4.78, 5) is 0. The summed E-state index contributed by atoms with van der Waals surface area (Å²) in [7, 11) is -1.75. The van der Waals surface area contributed by atoms with Crippen molar-refractivity contribution in [2.24, 2.45) is 0 Å². The maximum atomic E-state index is 3.90. The molecule has 0 atom stereocenters. The van der Waals surface area contributed by atoms with E-state index in [1.165, 1.54) is 11.3 Å². The van der Waals surface area contributed by atoms with Crippen molar-refractivity contribution in [2.75, 3.05) is 0 Å². The van der Waals surface area contributed by atoms with Crippen LogP contribution in [0.1, 0.15) is 0 Å². The minimum atomic E-state index is -1.04. The predicted octanol–water partition coefficient (Wildman–Crippen LogP) is 2.69. The number of hydrogen-bond donors (Lipinski definition) is 0. The van der Waals surface area contributed by atoms with Gasteiger partial charge < -0.3 is 0 Å². The summed E-state index contributed by atoms with van der Waals surface area (Å²) in [6.07, 6.45) is 0. The molecule has 0 unspecified atom stereocenters. The second-order valence-corrected chi connectivity index (χ2v) is 14.6. The summed E-state index contributed by atoms with van der Waals surface area (Å²) in [6, 6.07) is 0. The Bertz CT molecular complexity index is 152. The van der Waals surface area contributed by atoms with E-state index in [4.69, 9.17) is 0 Å². The van der Waals surface area contributed by atoms with Crippen LogP contribution in [-0.4, -0.2) is 16.1 Å². The lowest BCUT2D eigenvalue weighted by Crippen LogP contribution is -2.57. The van der Waals surface area contributed by atoms with E-state index < -0.39 is 16.1 Å². The SMILES string of the molecule is C=C[Si]1(C=C)C[Si](C)(C)C1. The van der Waals surface area contributed by atoms with Crippen LogP contribution in [0.15, 0.2) is 24.6 Å². The fourth-order valence-corrected chi connectivity index (χ4v) is 18.4. The highest BCUT2D eigenvalue weighted by Crippen LogP contribution is 2.41. The van der Waals surface area contributed by atoms with E-state index in [0.717, 1.165) is 0 Å². The van der Waals surface area contributed by atoms with Crippen LogP contribution < -0.4 is 0 Å². The molecule has 0 radical (unpaired) electrons. The van der Waals surface area contributed by atoms with Crippen molar-refractivity contribution < 1.29 is 0 Å². The normalized spacial score (nSPS) is 26.6. The van der Waals surface area contributed by atoms with E-state index in [9.17, 15) is 0 Å². The molecule has 1 fully saturated rings. The van der Waals surface area contributed by atoms with E-state index >= 15 is 0 Å². The topological polar surface area (TPSA) is 0 Å². The molecule has 1 aliphatic rings. The van der Waals surface area contributed by atoms with Gasteiger partial charge in [0.25, 0.3) is 0 Å².